The summed E-state index contributed by atoms with van der Waals surface area (Å²) in [7, 11) is 0. The second-order valence-corrected chi connectivity index (χ2v) is 4.06. The molecule has 3 heterocycles. The van der Waals surface area contributed by atoms with Crippen LogP contribution < -0.4 is 16.4 Å². The first kappa shape index (κ1) is 9.95. The van der Waals surface area contributed by atoms with Crippen molar-refractivity contribution in [3.8, 4) is 0 Å². The number of hydrogen-bond acceptors (Lipinski definition) is 4. The predicted molar refractivity (Wildman–Crippen MR) is 64.3 cm³/mol. The summed E-state index contributed by atoms with van der Waals surface area (Å²) < 4.78 is 0. The molecule has 1 amide bonds. The average Bonchev–Trinajstić information content (AvgIpc) is 2.90. The van der Waals surface area contributed by atoms with E-state index in [1.165, 1.54) is 0 Å². The maximum atomic E-state index is 11.8. The number of hydrogen-bond donors (Lipinski definition) is 4. The fraction of sp³-hybridized carbons (Fsp3) is 0.273. The van der Waals surface area contributed by atoms with Gasteiger partial charge in [0.05, 0.1) is 6.54 Å². The van der Waals surface area contributed by atoms with Gasteiger partial charge < -0.3 is 21.4 Å². The van der Waals surface area contributed by atoms with Crippen LogP contribution in [0.25, 0.3) is 5.57 Å². The molecule has 0 atom stereocenters. The molecule has 2 aliphatic rings. The quantitative estimate of drug-likeness (QED) is 0.497. The van der Waals surface area contributed by atoms with E-state index in [9.17, 15) is 4.79 Å². The van der Waals surface area contributed by atoms with E-state index >= 15 is 0 Å². The number of rotatable bonds is 0. The largest absolute Gasteiger partial charge is 0.370 e. The van der Waals surface area contributed by atoms with Crippen LogP contribution in [0.4, 0.5) is 0 Å². The lowest BCUT2D eigenvalue weighted by molar-refractivity contribution is 0.0952. The van der Waals surface area contributed by atoms with E-state index in [1.807, 2.05) is 6.07 Å². The number of aromatic nitrogens is 1. The molecule has 0 bridgehead atoms. The third-order valence-electron chi connectivity index (χ3n) is 3.01. The van der Waals surface area contributed by atoms with Gasteiger partial charge in [-0.05, 0) is 18.1 Å². The number of aliphatic imine (C=N–C) groups is 1. The standard InChI is InChI=1S/C11H13N5O/c12-11-15-5-8(16-11)6-1-4-14-10(17)9-7(6)2-3-13-9/h2-3,13H,1,4-5H2,(H,14,17)(H3,12,15,16)/b8-6+. The highest BCUT2D eigenvalue weighted by Gasteiger charge is 2.23. The Morgan fingerprint density at radius 1 is 1.41 bits per heavy atom. The molecule has 0 aromatic carbocycles. The van der Waals surface area contributed by atoms with Crippen LogP contribution in [0.1, 0.15) is 22.5 Å². The van der Waals surface area contributed by atoms with E-state index in [0.717, 1.165) is 23.3 Å². The molecule has 2 aliphatic heterocycles. The zero-order valence-corrected chi connectivity index (χ0v) is 9.21. The Hall–Kier alpha value is -2.24. The van der Waals surface area contributed by atoms with Crippen LogP contribution in [-0.2, 0) is 0 Å². The highest BCUT2D eigenvalue weighted by Crippen LogP contribution is 2.27. The minimum Gasteiger partial charge on any atom is -0.370 e. The number of carbonyl (C=O) groups is 1. The first-order valence-corrected chi connectivity index (χ1v) is 5.50. The van der Waals surface area contributed by atoms with Crippen molar-refractivity contribution in [1.82, 2.24) is 15.6 Å². The summed E-state index contributed by atoms with van der Waals surface area (Å²) in [6.45, 7) is 1.18. The number of amides is 1. The third kappa shape index (κ3) is 1.57. The van der Waals surface area contributed by atoms with Crippen LogP contribution >= 0.6 is 0 Å². The summed E-state index contributed by atoms with van der Waals surface area (Å²) in [6.07, 6.45) is 2.55. The van der Waals surface area contributed by atoms with E-state index in [2.05, 4.69) is 20.6 Å². The van der Waals surface area contributed by atoms with Crippen molar-refractivity contribution in [2.24, 2.45) is 10.7 Å². The van der Waals surface area contributed by atoms with Gasteiger partial charge in [-0.15, -0.1) is 0 Å². The minimum absolute atomic E-state index is 0.0625. The minimum atomic E-state index is -0.0625. The summed E-state index contributed by atoms with van der Waals surface area (Å²) in [5.74, 6) is 0.376. The maximum Gasteiger partial charge on any atom is 0.268 e. The number of carbonyl (C=O) groups excluding carboxylic acids is 1. The van der Waals surface area contributed by atoms with Crippen LogP contribution in [-0.4, -0.2) is 29.9 Å². The summed E-state index contributed by atoms with van der Waals surface area (Å²) in [6, 6.07) is 1.92. The number of guanidine groups is 1. The molecule has 6 heteroatoms. The van der Waals surface area contributed by atoms with Gasteiger partial charge in [-0.1, -0.05) is 0 Å². The van der Waals surface area contributed by atoms with Gasteiger partial charge in [0.2, 0.25) is 0 Å². The number of nitrogens with one attached hydrogen (secondary N) is 3. The summed E-state index contributed by atoms with van der Waals surface area (Å²) in [4.78, 5) is 18.8. The number of fused-ring (bicyclic) bond motifs is 1. The molecule has 3 rings (SSSR count). The van der Waals surface area contributed by atoms with Crippen LogP contribution in [0.2, 0.25) is 0 Å². The molecule has 1 aromatic rings. The zero-order valence-electron chi connectivity index (χ0n) is 9.21. The number of aromatic amines is 1. The molecule has 6 nitrogen and oxygen atoms in total. The van der Waals surface area contributed by atoms with Crippen molar-refractivity contribution in [3.05, 3.63) is 29.2 Å². The number of nitrogens with zero attached hydrogens (tertiary/aromatic N) is 1. The van der Waals surface area contributed by atoms with Gasteiger partial charge in [0.25, 0.3) is 5.91 Å². The van der Waals surface area contributed by atoms with Crippen molar-refractivity contribution in [2.45, 2.75) is 6.42 Å². The van der Waals surface area contributed by atoms with Gasteiger partial charge in [-0.3, -0.25) is 4.79 Å². The third-order valence-corrected chi connectivity index (χ3v) is 3.01. The smallest absolute Gasteiger partial charge is 0.268 e. The van der Waals surface area contributed by atoms with Gasteiger partial charge in [0.15, 0.2) is 5.96 Å². The van der Waals surface area contributed by atoms with Crippen molar-refractivity contribution >= 4 is 17.4 Å². The van der Waals surface area contributed by atoms with Gasteiger partial charge >= 0.3 is 0 Å². The van der Waals surface area contributed by atoms with Crippen molar-refractivity contribution in [1.29, 1.82) is 0 Å². The van der Waals surface area contributed by atoms with Crippen LogP contribution in [0.5, 0.6) is 0 Å². The Morgan fingerprint density at radius 2 is 2.29 bits per heavy atom. The molecule has 0 spiro atoms. The van der Waals surface area contributed by atoms with Crippen molar-refractivity contribution < 1.29 is 4.79 Å². The molecule has 0 saturated heterocycles. The molecule has 0 unspecified atom stereocenters. The second-order valence-electron chi connectivity index (χ2n) is 4.06. The highest BCUT2D eigenvalue weighted by atomic mass is 16.1. The maximum absolute atomic E-state index is 11.8. The predicted octanol–water partition coefficient (Wildman–Crippen LogP) is -0.223. The number of H-pyrrole nitrogens is 1. The van der Waals surface area contributed by atoms with E-state index in [4.69, 9.17) is 5.73 Å². The summed E-state index contributed by atoms with van der Waals surface area (Å²) in [5, 5.41) is 5.90. The molecular weight excluding hydrogens is 218 g/mol. The molecule has 5 N–H and O–H groups in total. The Kier molecular flexibility index (Phi) is 2.14. The van der Waals surface area contributed by atoms with E-state index in [0.29, 0.717) is 24.7 Å². The average molecular weight is 231 g/mol. The molecule has 0 radical (unpaired) electrons. The Labute approximate surface area is 98.0 Å². The molecule has 0 fully saturated rings. The second kappa shape index (κ2) is 3.65. The topological polar surface area (TPSA) is 95.3 Å². The first-order valence-electron chi connectivity index (χ1n) is 5.50. The molecule has 0 saturated carbocycles. The monoisotopic (exact) mass is 231 g/mol. The Morgan fingerprint density at radius 3 is 3.06 bits per heavy atom. The first-order chi connectivity index (χ1) is 8.25. The molecule has 88 valence electrons. The molecule has 0 aliphatic carbocycles. The summed E-state index contributed by atoms with van der Waals surface area (Å²) >= 11 is 0. The Bertz CT molecular complexity index is 540. The van der Waals surface area contributed by atoms with Gasteiger partial charge in [-0.25, -0.2) is 4.99 Å². The normalized spacial score (nSPS) is 23.5. The van der Waals surface area contributed by atoms with Crippen LogP contribution in [0, 0.1) is 0 Å². The van der Waals surface area contributed by atoms with E-state index in [1.54, 1.807) is 6.20 Å². The highest BCUT2D eigenvalue weighted by molar-refractivity contribution is 5.99. The van der Waals surface area contributed by atoms with Gasteiger partial charge in [-0.2, -0.15) is 0 Å². The lowest BCUT2D eigenvalue weighted by Gasteiger charge is -2.08. The lowest BCUT2D eigenvalue weighted by atomic mass is 10.0. The summed E-state index contributed by atoms with van der Waals surface area (Å²) in [5.41, 5.74) is 9.24. The van der Waals surface area contributed by atoms with Crippen LogP contribution in [0.15, 0.2) is 23.0 Å². The molecule has 1 aromatic heterocycles. The van der Waals surface area contributed by atoms with Gasteiger partial charge in [0, 0.05) is 24.0 Å². The molecular formula is C11H13N5O. The van der Waals surface area contributed by atoms with Gasteiger partial charge in [0.1, 0.15) is 5.69 Å². The van der Waals surface area contributed by atoms with Crippen molar-refractivity contribution in [2.75, 3.05) is 13.1 Å². The number of nitrogens with two attached hydrogens (primary N) is 1. The molecule has 17 heavy (non-hydrogen) atoms. The lowest BCUT2D eigenvalue weighted by Crippen LogP contribution is -2.26. The Balaban J connectivity index is 2.08. The fourth-order valence-corrected chi connectivity index (χ4v) is 2.22. The van der Waals surface area contributed by atoms with Crippen molar-refractivity contribution in [3.63, 3.8) is 0 Å². The van der Waals surface area contributed by atoms with E-state index < -0.39 is 0 Å². The zero-order chi connectivity index (χ0) is 11.8. The fourth-order valence-electron chi connectivity index (χ4n) is 2.22. The van der Waals surface area contributed by atoms with Crippen LogP contribution in [0.3, 0.4) is 0 Å². The SMILES string of the molecule is NC1=NC/C(=C2/CCNC(=O)c3[nH]ccc32)N1. The van der Waals surface area contributed by atoms with E-state index in [-0.39, 0.29) is 5.91 Å².